The second kappa shape index (κ2) is 8.74. The second-order valence-corrected chi connectivity index (χ2v) is 6.58. The van der Waals surface area contributed by atoms with Crippen LogP contribution in [0.3, 0.4) is 0 Å². The highest BCUT2D eigenvalue weighted by Crippen LogP contribution is 2.26. The fraction of sp³-hybridized carbons (Fsp3) is 0.304. The quantitative estimate of drug-likeness (QED) is 0.449. The van der Waals surface area contributed by atoms with Gasteiger partial charge in [-0.25, -0.2) is 9.59 Å². The first-order valence-corrected chi connectivity index (χ1v) is 9.47. The molecule has 2 aromatic carbocycles. The molecule has 0 radical (unpaired) electrons. The molecule has 1 heterocycles. The van der Waals surface area contributed by atoms with E-state index in [-0.39, 0.29) is 5.63 Å². The monoisotopic (exact) mass is 380 g/mol. The highest BCUT2D eigenvalue weighted by molar-refractivity contribution is 5.82. The number of rotatable bonds is 7. The number of fused-ring (bicyclic) bond motifs is 1. The SMILES string of the molecule is CCOC(=O)C(CC)Oc1ccc2c(C)c(Cc3ccccc3)c(=O)oc2c1. The lowest BCUT2D eigenvalue weighted by atomic mass is 10.00. The summed E-state index contributed by atoms with van der Waals surface area (Å²) in [6.45, 7) is 5.83. The van der Waals surface area contributed by atoms with Crippen LogP contribution in [-0.4, -0.2) is 18.7 Å². The summed E-state index contributed by atoms with van der Waals surface area (Å²) in [4.78, 5) is 24.5. The third kappa shape index (κ3) is 4.25. The first-order chi connectivity index (χ1) is 13.5. The van der Waals surface area contributed by atoms with Crippen molar-refractivity contribution in [2.75, 3.05) is 6.61 Å². The first-order valence-electron chi connectivity index (χ1n) is 9.47. The predicted molar refractivity (Wildman–Crippen MR) is 108 cm³/mol. The van der Waals surface area contributed by atoms with Gasteiger partial charge in [-0.15, -0.1) is 0 Å². The zero-order chi connectivity index (χ0) is 20.1. The maximum atomic E-state index is 12.6. The average molecular weight is 380 g/mol. The van der Waals surface area contributed by atoms with Crippen LogP contribution in [0.25, 0.3) is 11.0 Å². The molecule has 3 aromatic rings. The Labute approximate surface area is 163 Å². The molecule has 0 aliphatic heterocycles. The van der Waals surface area contributed by atoms with Crippen molar-refractivity contribution in [2.24, 2.45) is 0 Å². The number of ether oxygens (including phenoxy) is 2. The molecule has 0 aliphatic rings. The maximum absolute atomic E-state index is 12.6. The number of esters is 1. The molecule has 1 unspecified atom stereocenters. The van der Waals surface area contributed by atoms with Crippen molar-refractivity contribution < 1.29 is 18.7 Å². The van der Waals surface area contributed by atoms with Crippen molar-refractivity contribution in [3.05, 3.63) is 75.6 Å². The summed E-state index contributed by atoms with van der Waals surface area (Å²) >= 11 is 0. The Kier molecular flexibility index (Phi) is 6.14. The molecule has 1 aromatic heterocycles. The van der Waals surface area contributed by atoms with Gasteiger partial charge in [0.05, 0.1) is 6.61 Å². The van der Waals surface area contributed by atoms with E-state index in [0.29, 0.717) is 36.3 Å². The smallest absolute Gasteiger partial charge is 0.347 e. The normalized spacial score (nSPS) is 12.0. The number of benzene rings is 2. The highest BCUT2D eigenvalue weighted by Gasteiger charge is 2.20. The van der Waals surface area contributed by atoms with Crippen LogP contribution in [0.2, 0.25) is 0 Å². The number of carbonyl (C=O) groups is 1. The lowest BCUT2D eigenvalue weighted by Gasteiger charge is -2.16. The van der Waals surface area contributed by atoms with E-state index in [9.17, 15) is 9.59 Å². The van der Waals surface area contributed by atoms with Gasteiger partial charge in [-0.3, -0.25) is 0 Å². The van der Waals surface area contributed by atoms with Crippen LogP contribution in [0.15, 0.2) is 57.7 Å². The molecule has 1 atom stereocenters. The summed E-state index contributed by atoms with van der Waals surface area (Å²) in [6.07, 6.45) is 0.308. The number of hydrogen-bond donors (Lipinski definition) is 0. The molecule has 0 fully saturated rings. The van der Waals surface area contributed by atoms with Crippen LogP contribution >= 0.6 is 0 Å². The molecule has 28 heavy (non-hydrogen) atoms. The van der Waals surface area contributed by atoms with E-state index in [2.05, 4.69) is 0 Å². The first kappa shape index (κ1) is 19.7. The summed E-state index contributed by atoms with van der Waals surface area (Å²) in [5.41, 5.74) is 2.67. The fourth-order valence-corrected chi connectivity index (χ4v) is 3.15. The van der Waals surface area contributed by atoms with E-state index < -0.39 is 12.1 Å². The summed E-state index contributed by atoms with van der Waals surface area (Å²) in [5.74, 6) is 0.0618. The van der Waals surface area contributed by atoms with Crippen molar-refractivity contribution in [1.82, 2.24) is 0 Å². The highest BCUT2D eigenvalue weighted by atomic mass is 16.6. The van der Waals surface area contributed by atoms with Crippen LogP contribution in [-0.2, 0) is 16.0 Å². The maximum Gasteiger partial charge on any atom is 0.347 e. The summed E-state index contributed by atoms with van der Waals surface area (Å²) in [5, 5.41) is 0.849. The van der Waals surface area contributed by atoms with Gasteiger partial charge in [-0.05, 0) is 43.5 Å². The molecule has 146 valence electrons. The Morgan fingerprint density at radius 1 is 1.11 bits per heavy atom. The van der Waals surface area contributed by atoms with Crippen LogP contribution in [0, 0.1) is 6.92 Å². The fourth-order valence-electron chi connectivity index (χ4n) is 3.15. The van der Waals surface area contributed by atoms with Crippen molar-refractivity contribution in [3.8, 4) is 5.75 Å². The van der Waals surface area contributed by atoms with Gasteiger partial charge >= 0.3 is 11.6 Å². The topological polar surface area (TPSA) is 65.7 Å². The zero-order valence-corrected chi connectivity index (χ0v) is 16.4. The van der Waals surface area contributed by atoms with Crippen molar-refractivity contribution in [2.45, 2.75) is 39.7 Å². The lowest BCUT2D eigenvalue weighted by molar-refractivity contribution is -0.151. The molecular formula is C23H24O5. The molecule has 0 N–H and O–H groups in total. The average Bonchev–Trinajstić information content (AvgIpc) is 2.70. The Hall–Kier alpha value is -3.08. The van der Waals surface area contributed by atoms with Crippen LogP contribution in [0.5, 0.6) is 5.75 Å². The van der Waals surface area contributed by atoms with Gasteiger partial charge < -0.3 is 13.9 Å². The number of carbonyl (C=O) groups excluding carboxylic acids is 1. The minimum atomic E-state index is -0.692. The Morgan fingerprint density at radius 2 is 1.86 bits per heavy atom. The van der Waals surface area contributed by atoms with E-state index in [4.69, 9.17) is 13.9 Å². The summed E-state index contributed by atoms with van der Waals surface area (Å²) < 4.78 is 16.3. The Morgan fingerprint density at radius 3 is 2.54 bits per heavy atom. The molecule has 5 heteroatoms. The molecule has 5 nitrogen and oxygen atoms in total. The summed E-state index contributed by atoms with van der Waals surface area (Å²) in [6, 6.07) is 15.1. The molecule has 0 spiro atoms. The number of hydrogen-bond acceptors (Lipinski definition) is 5. The van der Waals surface area contributed by atoms with Gasteiger partial charge in [0.25, 0.3) is 0 Å². The molecule has 3 rings (SSSR count). The molecule has 0 bridgehead atoms. The Balaban J connectivity index is 1.92. The zero-order valence-electron chi connectivity index (χ0n) is 16.4. The van der Waals surface area contributed by atoms with Crippen LogP contribution in [0.1, 0.15) is 37.0 Å². The van der Waals surface area contributed by atoms with Gasteiger partial charge in [-0.1, -0.05) is 37.3 Å². The third-order valence-electron chi connectivity index (χ3n) is 4.68. The Bertz CT molecular complexity index is 1020. The largest absolute Gasteiger partial charge is 0.479 e. The predicted octanol–water partition coefficient (Wildman–Crippen LogP) is 4.41. The molecule has 0 amide bonds. The van der Waals surface area contributed by atoms with Gasteiger partial charge in [0.15, 0.2) is 6.10 Å². The van der Waals surface area contributed by atoms with Gasteiger partial charge in [0.1, 0.15) is 11.3 Å². The summed E-state index contributed by atoms with van der Waals surface area (Å²) in [7, 11) is 0. The van der Waals surface area contributed by atoms with E-state index in [1.54, 1.807) is 19.1 Å². The van der Waals surface area contributed by atoms with E-state index >= 15 is 0 Å². The molecular weight excluding hydrogens is 356 g/mol. The third-order valence-corrected chi connectivity index (χ3v) is 4.68. The van der Waals surface area contributed by atoms with Gasteiger partial charge in [-0.2, -0.15) is 0 Å². The van der Waals surface area contributed by atoms with Gasteiger partial charge in [0, 0.05) is 23.4 Å². The minimum absolute atomic E-state index is 0.300. The second-order valence-electron chi connectivity index (χ2n) is 6.58. The molecule has 0 aliphatic carbocycles. The molecule has 0 saturated heterocycles. The van der Waals surface area contributed by atoms with E-state index in [1.807, 2.05) is 50.2 Å². The van der Waals surface area contributed by atoms with Crippen molar-refractivity contribution >= 4 is 16.9 Å². The van der Waals surface area contributed by atoms with Crippen molar-refractivity contribution in [3.63, 3.8) is 0 Å². The van der Waals surface area contributed by atoms with Crippen LogP contribution in [0.4, 0.5) is 0 Å². The van der Waals surface area contributed by atoms with Crippen molar-refractivity contribution in [1.29, 1.82) is 0 Å². The number of aryl methyl sites for hydroxylation is 1. The van der Waals surface area contributed by atoms with Crippen LogP contribution < -0.4 is 10.4 Å². The molecule has 0 saturated carbocycles. The standard InChI is InChI=1S/C23H24O5/c1-4-20(23(25)26-5-2)27-17-11-12-18-15(3)19(22(24)28-21(18)14-17)13-16-9-7-6-8-10-16/h6-12,14,20H,4-5,13H2,1-3H3. The van der Waals surface area contributed by atoms with Gasteiger partial charge in [0.2, 0.25) is 0 Å². The lowest BCUT2D eigenvalue weighted by Crippen LogP contribution is -2.28. The minimum Gasteiger partial charge on any atom is -0.479 e. The van der Waals surface area contributed by atoms with E-state index in [0.717, 1.165) is 16.5 Å². The van der Waals surface area contributed by atoms with E-state index in [1.165, 1.54) is 0 Å².